The lowest BCUT2D eigenvalue weighted by Gasteiger charge is -2.30. The van der Waals surface area contributed by atoms with Gasteiger partial charge in [-0.05, 0) is 43.4 Å². The summed E-state index contributed by atoms with van der Waals surface area (Å²) in [4.78, 5) is 0.756. The summed E-state index contributed by atoms with van der Waals surface area (Å²) in [7, 11) is -4.31. The van der Waals surface area contributed by atoms with Gasteiger partial charge in [-0.25, -0.2) is 12.7 Å². The number of hydrogen-bond donors (Lipinski definition) is 1. The summed E-state index contributed by atoms with van der Waals surface area (Å²) < 4.78 is 37.3. The Bertz CT molecular complexity index is 644. The fourth-order valence-electron chi connectivity index (χ4n) is 2.65. The van der Waals surface area contributed by atoms with Crippen molar-refractivity contribution >= 4 is 26.5 Å². The van der Waals surface area contributed by atoms with Crippen molar-refractivity contribution in [3.05, 3.63) is 23.8 Å². The van der Waals surface area contributed by atoms with E-state index >= 15 is 0 Å². The van der Waals surface area contributed by atoms with Gasteiger partial charge in [0.05, 0.1) is 17.1 Å². The predicted molar refractivity (Wildman–Crippen MR) is 86.0 cm³/mol. The van der Waals surface area contributed by atoms with Crippen LogP contribution in [-0.2, 0) is 20.8 Å². The fourth-order valence-corrected chi connectivity index (χ4v) is 5.16. The van der Waals surface area contributed by atoms with Crippen molar-refractivity contribution in [2.45, 2.75) is 24.7 Å². The van der Waals surface area contributed by atoms with Crippen molar-refractivity contribution in [3.63, 3.8) is 0 Å². The standard InChI is InChI=1S/C14H22N2O3S2/c1-11-13(15)6-3-7-14(11)20(17)10-12-5-4-8-16(9-12)21(2,18)19/h3,6-7,12H,4-5,8-10,15H2,1-2H3. The Balaban J connectivity index is 2.08. The SMILES string of the molecule is Cc1c(N)cccc1S(=O)CC1CCCN(S(C)(=O)=O)C1. The van der Waals surface area contributed by atoms with E-state index in [1.54, 1.807) is 12.1 Å². The first-order valence-electron chi connectivity index (χ1n) is 6.97. The van der Waals surface area contributed by atoms with Crippen LogP contribution in [0.2, 0.25) is 0 Å². The summed E-state index contributed by atoms with van der Waals surface area (Å²) in [6, 6.07) is 5.43. The van der Waals surface area contributed by atoms with Gasteiger partial charge in [-0.1, -0.05) is 6.07 Å². The number of nitrogens with zero attached hydrogens (tertiary/aromatic N) is 1. The molecule has 2 atom stereocenters. The first-order valence-corrected chi connectivity index (χ1v) is 10.1. The van der Waals surface area contributed by atoms with Crippen molar-refractivity contribution in [1.82, 2.24) is 4.31 Å². The maximum Gasteiger partial charge on any atom is 0.211 e. The lowest BCUT2D eigenvalue weighted by atomic mass is 10.0. The van der Waals surface area contributed by atoms with E-state index in [2.05, 4.69) is 0 Å². The molecule has 5 nitrogen and oxygen atoms in total. The summed E-state index contributed by atoms with van der Waals surface area (Å²) in [5.74, 6) is 0.617. The zero-order valence-corrected chi connectivity index (χ0v) is 14.0. The van der Waals surface area contributed by atoms with Crippen LogP contribution in [0.5, 0.6) is 0 Å². The largest absolute Gasteiger partial charge is 0.398 e. The molecule has 0 aromatic heterocycles. The second-order valence-corrected chi connectivity index (χ2v) is 9.06. The summed E-state index contributed by atoms with van der Waals surface area (Å²) in [5, 5.41) is 0. The number of benzene rings is 1. The molecule has 1 aliphatic heterocycles. The normalized spacial score (nSPS) is 22.1. The third-order valence-electron chi connectivity index (χ3n) is 3.91. The molecule has 0 bridgehead atoms. The first-order chi connectivity index (χ1) is 9.79. The Hall–Kier alpha value is -0.920. The number of anilines is 1. The van der Waals surface area contributed by atoms with Gasteiger partial charge in [0.1, 0.15) is 0 Å². The van der Waals surface area contributed by atoms with E-state index in [1.807, 2.05) is 13.0 Å². The van der Waals surface area contributed by atoms with Crippen LogP contribution >= 0.6 is 0 Å². The summed E-state index contributed by atoms with van der Waals surface area (Å²) >= 11 is 0. The average molecular weight is 330 g/mol. The molecule has 0 amide bonds. The Morgan fingerprint density at radius 1 is 1.43 bits per heavy atom. The minimum absolute atomic E-state index is 0.134. The van der Waals surface area contributed by atoms with E-state index in [9.17, 15) is 12.6 Å². The fraction of sp³-hybridized carbons (Fsp3) is 0.571. The van der Waals surface area contributed by atoms with Crippen LogP contribution in [0, 0.1) is 12.8 Å². The van der Waals surface area contributed by atoms with Crippen LogP contribution in [0.4, 0.5) is 5.69 Å². The topological polar surface area (TPSA) is 80.5 Å². The molecule has 21 heavy (non-hydrogen) atoms. The monoisotopic (exact) mass is 330 g/mol. The Kier molecular flexibility index (Phi) is 5.06. The molecule has 0 spiro atoms. The maximum atomic E-state index is 12.5. The molecule has 1 aromatic rings. The van der Waals surface area contributed by atoms with Crippen molar-refractivity contribution in [2.24, 2.45) is 5.92 Å². The second kappa shape index (κ2) is 6.46. The van der Waals surface area contributed by atoms with E-state index < -0.39 is 20.8 Å². The van der Waals surface area contributed by atoms with Crippen LogP contribution < -0.4 is 5.73 Å². The van der Waals surface area contributed by atoms with Crippen molar-refractivity contribution in [1.29, 1.82) is 0 Å². The second-order valence-electron chi connectivity index (χ2n) is 5.61. The third-order valence-corrected chi connectivity index (χ3v) is 6.89. The summed E-state index contributed by atoms with van der Waals surface area (Å²) in [6.45, 7) is 2.90. The molecule has 1 saturated heterocycles. The highest BCUT2D eigenvalue weighted by Crippen LogP contribution is 2.24. The van der Waals surface area contributed by atoms with Crippen molar-refractivity contribution in [2.75, 3.05) is 30.8 Å². The molecule has 0 aliphatic carbocycles. The maximum absolute atomic E-state index is 12.5. The Morgan fingerprint density at radius 2 is 2.14 bits per heavy atom. The lowest BCUT2D eigenvalue weighted by molar-refractivity contribution is 0.285. The van der Waals surface area contributed by atoms with Gasteiger partial charge in [-0.2, -0.15) is 0 Å². The van der Waals surface area contributed by atoms with Crippen LogP contribution in [0.1, 0.15) is 18.4 Å². The Labute approximate surface area is 129 Å². The number of nitrogen functional groups attached to an aromatic ring is 1. The van der Waals surface area contributed by atoms with Crippen molar-refractivity contribution in [3.8, 4) is 0 Å². The van der Waals surface area contributed by atoms with Crippen LogP contribution in [0.25, 0.3) is 0 Å². The molecule has 1 aliphatic rings. The summed E-state index contributed by atoms with van der Waals surface area (Å²) in [6.07, 6.45) is 2.97. The number of sulfonamides is 1. The Morgan fingerprint density at radius 3 is 2.81 bits per heavy atom. The molecule has 0 saturated carbocycles. The van der Waals surface area contributed by atoms with Crippen LogP contribution in [0.3, 0.4) is 0 Å². The van der Waals surface area contributed by atoms with Gasteiger partial charge >= 0.3 is 0 Å². The van der Waals surface area contributed by atoms with E-state index in [-0.39, 0.29) is 5.92 Å². The minimum atomic E-state index is -3.16. The molecule has 2 N–H and O–H groups in total. The molecular weight excluding hydrogens is 308 g/mol. The minimum Gasteiger partial charge on any atom is -0.398 e. The molecule has 0 radical (unpaired) electrons. The molecule has 118 valence electrons. The zero-order valence-electron chi connectivity index (χ0n) is 12.4. The lowest BCUT2D eigenvalue weighted by Crippen LogP contribution is -2.40. The highest BCUT2D eigenvalue weighted by atomic mass is 32.2. The quantitative estimate of drug-likeness (QED) is 0.845. The zero-order chi connectivity index (χ0) is 15.6. The van der Waals surface area contributed by atoms with Gasteiger partial charge in [-0.3, -0.25) is 4.21 Å². The van der Waals surface area contributed by atoms with Crippen LogP contribution in [-0.4, -0.2) is 42.0 Å². The van der Waals surface area contributed by atoms with Gasteiger partial charge in [0.2, 0.25) is 10.0 Å². The molecule has 2 unspecified atom stereocenters. The first kappa shape index (κ1) is 16.5. The van der Waals surface area contributed by atoms with Gasteiger partial charge < -0.3 is 5.73 Å². The van der Waals surface area contributed by atoms with E-state index in [0.717, 1.165) is 23.3 Å². The third kappa shape index (κ3) is 4.05. The van der Waals surface area contributed by atoms with Crippen molar-refractivity contribution < 1.29 is 12.6 Å². The van der Waals surface area contributed by atoms with E-state index in [0.29, 0.717) is 24.5 Å². The smallest absolute Gasteiger partial charge is 0.211 e. The molecule has 7 heteroatoms. The van der Waals surface area contributed by atoms with E-state index in [1.165, 1.54) is 10.6 Å². The van der Waals surface area contributed by atoms with Crippen LogP contribution in [0.15, 0.2) is 23.1 Å². The molecular formula is C14H22N2O3S2. The highest BCUT2D eigenvalue weighted by molar-refractivity contribution is 7.88. The van der Waals surface area contributed by atoms with Gasteiger partial charge in [-0.15, -0.1) is 0 Å². The molecule has 1 heterocycles. The molecule has 1 aromatic carbocycles. The molecule has 2 rings (SSSR count). The number of nitrogens with two attached hydrogens (primary N) is 1. The number of piperidine rings is 1. The van der Waals surface area contributed by atoms with Gasteiger partial charge in [0.15, 0.2) is 0 Å². The predicted octanol–water partition coefficient (Wildman–Crippen LogP) is 1.36. The van der Waals surface area contributed by atoms with Gasteiger partial charge in [0.25, 0.3) is 0 Å². The number of rotatable bonds is 4. The van der Waals surface area contributed by atoms with Gasteiger partial charge in [0, 0.05) is 29.4 Å². The molecule has 1 fully saturated rings. The summed E-state index contributed by atoms with van der Waals surface area (Å²) in [5.41, 5.74) is 7.34. The van der Waals surface area contributed by atoms with E-state index in [4.69, 9.17) is 5.73 Å². The average Bonchev–Trinajstić information content (AvgIpc) is 2.41. The number of hydrogen-bond acceptors (Lipinski definition) is 4. The highest BCUT2D eigenvalue weighted by Gasteiger charge is 2.27.